The highest BCUT2D eigenvalue weighted by Gasteiger charge is 2.23. The number of carbonyl (C=O) groups excluding carboxylic acids is 1. The summed E-state index contributed by atoms with van der Waals surface area (Å²) < 4.78 is 0. The second-order valence-electron chi connectivity index (χ2n) is 4.42. The van der Waals surface area contributed by atoms with E-state index < -0.39 is 0 Å². The zero-order valence-electron chi connectivity index (χ0n) is 10.2. The largest absolute Gasteiger partial charge is 0.362 e. The standard InChI is InChI=1S/C12H19N3O/c1-8-9(2)14-10(3)11(8)12(16)15-6-4-13-5-7-15/h13-14H,4-7H2,1-3H3. The van der Waals surface area contributed by atoms with E-state index in [-0.39, 0.29) is 5.91 Å². The maximum atomic E-state index is 12.3. The molecular formula is C12H19N3O. The highest BCUT2D eigenvalue weighted by Crippen LogP contribution is 2.19. The van der Waals surface area contributed by atoms with Gasteiger partial charge in [0, 0.05) is 37.6 Å². The van der Waals surface area contributed by atoms with Crippen molar-refractivity contribution in [3.8, 4) is 0 Å². The predicted molar refractivity (Wildman–Crippen MR) is 63.8 cm³/mol. The van der Waals surface area contributed by atoms with Crippen molar-refractivity contribution in [1.29, 1.82) is 0 Å². The fourth-order valence-corrected chi connectivity index (χ4v) is 2.25. The number of nitrogens with zero attached hydrogens (tertiary/aromatic N) is 1. The van der Waals surface area contributed by atoms with Gasteiger partial charge in [-0.15, -0.1) is 0 Å². The molecule has 2 N–H and O–H groups in total. The number of aromatic amines is 1. The van der Waals surface area contributed by atoms with Crippen LogP contribution in [0.1, 0.15) is 27.3 Å². The topological polar surface area (TPSA) is 48.1 Å². The average molecular weight is 221 g/mol. The number of piperazine rings is 1. The van der Waals surface area contributed by atoms with Crippen LogP contribution in [0.5, 0.6) is 0 Å². The Morgan fingerprint density at radius 2 is 1.75 bits per heavy atom. The molecule has 0 atom stereocenters. The van der Waals surface area contributed by atoms with Gasteiger partial charge >= 0.3 is 0 Å². The lowest BCUT2D eigenvalue weighted by Gasteiger charge is -2.27. The van der Waals surface area contributed by atoms with E-state index in [0.29, 0.717) is 0 Å². The van der Waals surface area contributed by atoms with Crippen molar-refractivity contribution >= 4 is 5.91 Å². The van der Waals surface area contributed by atoms with Crippen molar-refractivity contribution in [2.45, 2.75) is 20.8 Å². The first kappa shape index (κ1) is 11.2. The molecule has 1 saturated heterocycles. The molecule has 0 saturated carbocycles. The van der Waals surface area contributed by atoms with Gasteiger partial charge in [0.25, 0.3) is 5.91 Å². The van der Waals surface area contributed by atoms with Gasteiger partial charge in [0.05, 0.1) is 5.56 Å². The summed E-state index contributed by atoms with van der Waals surface area (Å²) in [6.07, 6.45) is 0. The van der Waals surface area contributed by atoms with Crippen molar-refractivity contribution in [1.82, 2.24) is 15.2 Å². The Morgan fingerprint density at radius 1 is 1.12 bits per heavy atom. The van der Waals surface area contributed by atoms with Crippen LogP contribution in [-0.4, -0.2) is 42.0 Å². The van der Waals surface area contributed by atoms with Crippen molar-refractivity contribution in [2.75, 3.05) is 26.2 Å². The molecule has 2 heterocycles. The first-order chi connectivity index (χ1) is 7.61. The molecule has 1 aliphatic heterocycles. The molecule has 1 aliphatic rings. The van der Waals surface area contributed by atoms with Crippen LogP contribution in [0.25, 0.3) is 0 Å². The number of H-pyrrole nitrogens is 1. The lowest BCUT2D eigenvalue weighted by molar-refractivity contribution is 0.0734. The summed E-state index contributed by atoms with van der Waals surface area (Å²) in [5, 5.41) is 3.25. The van der Waals surface area contributed by atoms with Gasteiger partial charge in [0.2, 0.25) is 0 Å². The van der Waals surface area contributed by atoms with Crippen LogP contribution in [0.3, 0.4) is 0 Å². The molecule has 4 heteroatoms. The van der Waals surface area contributed by atoms with Gasteiger partial charge in [-0.3, -0.25) is 4.79 Å². The molecule has 1 fully saturated rings. The number of aromatic nitrogens is 1. The number of hydrogen-bond donors (Lipinski definition) is 2. The summed E-state index contributed by atoms with van der Waals surface area (Å²) in [6.45, 7) is 9.39. The molecule has 0 bridgehead atoms. The number of aryl methyl sites for hydroxylation is 2. The highest BCUT2D eigenvalue weighted by molar-refractivity contribution is 5.97. The van der Waals surface area contributed by atoms with E-state index >= 15 is 0 Å². The number of rotatable bonds is 1. The number of amides is 1. The van der Waals surface area contributed by atoms with E-state index in [1.807, 2.05) is 25.7 Å². The van der Waals surface area contributed by atoms with E-state index in [4.69, 9.17) is 0 Å². The zero-order chi connectivity index (χ0) is 11.7. The van der Waals surface area contributed by atoms with Crippen LogP contribution in [0, 0.1) is 20.8 Å². The monoisotopic (exact) mass is 221 g/mol. The van der Waals surface area contributed by atoms with Crippen molar-refractivity contribution < 1.29 is 4.79 Å². The van der Waals surface area contributed by atoms with Crippen LogP contribution in [0.4, 0.5) is 0 Å². The Morgan fingerprint density at radius 3 is 2.25 bits per heavy atom. The number of nitrogens with one attached hydrogen (secondary N) is 2. The first-order valence-electron chi connectivity index (χ1n) is 5.77. The second kappa shape index (κ2) is 4.29. The summed E-state index contributed by atoms with van der Waals surface area (Å²) >= 11 is 0. The Bertz CT molecular complexity index is 403. The summed E-state index contributed by atoms with van der Waals surface area (Å²) in [5.74, 6) is 0.167. The van der Waals surface area contributed by atoms with E-state index in [0.717, 1.165) is 48.7 Å². The van der Waals surface area contributed by atoms with Crippen LogP contribution in [-0.2, 0) is 0 Å². The van der Waals surface area contributed by atoms with Crippen molar-refractivity contribution in [3.05, 3.63) is 22.5 Å². The molecule has 2 rings (SSSR count). The maximum absolute atomic E-state index is 12.3. The van der Waals surface area contributed by atoms with E-state index in [2.05, 4.69) is 10.3 Å². The molecule has 0 unspecified atom stereocenters. The average Bonchev–Trinajstić information content (AvgIpc) is 2.54. The lowest BCUT2D eigenvalue weighted by atomic mass is 10.1. The van der Waals surface area contributed by atoms with Crippen molar-refractivity contribution in [2.24, 2.45) is 0 Å². The van der Waals surface area contributed by atoms with Gasteiger partial charge in [0.15, 0.2) is 0 Å². The van der Waals surface area contributed by atoms with Gasteiger partial charge in [-0.1, -0.05) is 0 Å². The summed E-state index contributed by atoms with van der Waals surface area (Å²) in [6, 6.07) is 0. The van der Waals surface area contributed by atoms with Gasteiger partial charge in [-0.25, -0.2) is 0 Å². The molecule has 0 aliphatic carbocycles. The molecule has 0 spiro atoms. The van der Waals surface area contributed by atoms with Gasteiger partial charge in [-0.05, 0) is 26.3 Å². The molecule has 4 nitrogen and oxygen atoms in total. The second-order valence-corrected chi connectivity index (χ2v) is 4.42. The van der Waals surface area contributed by atoms with Crippen molar-refractivity contribution in [3.63, 3.8) is 0 Å². The van der Waals surface area contributed by atoms with Crippen LogP contribution in [0.2, 0.25) is 0 Å². The Hall–Kier alpha value is -1.29. The van der Waals surface area contributed by atoms with Gasteiger partial charge in [0.1, 0.15) is 0 Å². The quantitative estimate of drug-likeness (QED) is 0.743. The minimum absolute atomic E-state index is 0.167. The lowest BCUT2D eigenvalue weighted by Crippen LogP contribution is -2.46. The Balaban J connectivity index is 2.25. The third kappa shape index (κ3) is 1.85. The predicted octanol–water partition coefficient (Wildman–Crippen LogP) is 0.985. The van der Waals surface area contributed by atoms with Crippen LogP contribution < -0.4 is 5.32 Å². The van der Waals surface area contributed by atoms with Crippen LogP contribution in [0.15, 0.2) is 0 Å². The molecule has 16 heavy (non-hydrogen) atoms. The fourth-order valence-electron chi connectivity index (χ4n) is 2.25. The summed E-state index contributed by atoms with van der Waals surface area (Å²) in [7, 11) is 0. The minimum Gasteiger partial charge on any atom is -0.362 e. The van der Waals surface area contributed by atoms with Gasteiger partial charge in [-0.2, -0.15) is 0 Å². The first-order valence-corrected chi connectivity index (χ1v) is 5.77. The summed E-state index contributed by atoms with van der Waals surface area (Å²) in [4.78, 5) is 17.5. The summed E-state index contributed by atoms with van der Waals surface area (Å²) in [5.41, 5.74) is 4.02. The molecule has 0 radical (unpaired) electrons. The molecular weight excluding hydrogens is 202 g/mol. The van der Waals surface area contributed by atoms with E-state index in [1.54, 1.807) is 0 Å². The molecule has 1 aromatic heterocycles. The molecule has 88 valence electrons. The zero-order valence-corrected chi connectivity index (χ0v) is 10.2. The fraction of sp³-hybridized carbons (Fsp3) is 0.583. The minimum atomic E-state index is 0.167. The smallest absolute Gasteiger partial charge is 0.256 e. The molecule has 1 amide bonds. The SMILES string of the molecule is Cc1[nH]c(C)c(C(=O)N2CCNCC2)c1C. The van der Waals surface area contributed by atoms with Crippen LogP contribution >= 0.6 is 0 Å². The van der Waals surface area contributed by atoms with E-state index in [1.165, 1.54) is 0 Å². The van der Waals surface area contributed by atoms with E-state index in [9.17, 15) is 4.79 Å². The third-order valence-corrected chi connectivity index (χ3v) is 3.31. The third-order valence-electron chi connectivity index (χ3n) is 3.31. The Labute approximate surface area is 96.0 Å². The molecule has 1 aromatic rings. The normalized spacial score (nSPS) is 16.6. The maximum Gasteiger partial charge on any atom is 0.256 e. The molecule has 0 aromatic carbocycles. The Kier molecular flexibility index (Phi) is 3.01. The van der Waals surface area contributed by atoms with Gasteiger partial charge < -0.3 is 15.2 Å². The number of carbonyl (C=O) groups is 1. The highest BCUT2D eigenvalue weighted by atomic mass is 16.2. The number of hydrogen-bond acceptors (Lipinski definition) is 2.